The van der Waals surface area contributed by atoms with Crippen LogP contribution in [0.2, 0.25) is 0 Å². The summed E-state index contributed by atoms with van der Waals surface area (Å²) in [4.78, 5) is 6.58. The summed E-state index contributed by atoms with van der Waals surface area (Å²) in [6, 6.07) is 0.573. The van der Waals surface area contributed by atoms with E-state index in [4.69, 9.17) is 0 Å². The molecule has 0 amide bonds. The van der Waals surface area contributed by atoms with Crippen molar-refractivity contribution in [2.24, 2.45) is 4.99 Å². The maximum absolute atomic E-state index is 4.36. The summed E-state index contributed by atoms with van der Waals surface area (Å²) in [6.07, 6.45) is 0. The summed E-state index contributed by atoms with van der Waals surface area (Å²) >= 11 is 1.85. The van der Waals surface area contributed by atoms with Gasteiger partial charge in [-0.1, -0.05) is 11.8 Å². The smallest absolute Gasteiger partial charge is 0.159 e. The molecule has 0 N–H and O–H groups in total. The molecule has 3 heteroatoms. The Labute approximate surface area is 66.7 Å². The van der Waals surface area contributed by atoms with E-state index in [1.165, 1.54) is 5.17 Å². The van der Waals surface area contributed by atoms with E-state index in [1.807, 2.05) is 11.8 Å². The topological polar surface area (TPSA) is 15.6 Å². The minimum atomic E-state index is 0.573. The summed E-state index contributed by atoms with van der Waals surface area (Å²) in [6.45, 7) is 5.36. The molecule has 1 heterocycles. The van der Waals surface area contributed by atoms with E-state index in [9.17, 15) is 0 Å². The molecule has 0 saturated carbocycles. The molecule has 58 valence electrons. The van der Waals surface area contributed by atoms with Gasteiger partial charge in [-0.05, 0) is 13.8 Å². The van der Waals surface area contributed by atoms with Crippen molar-refractivity contribution >= 4 is 16.9 Å². The minimum Gasteiger partial charge on any atom is -0.352 e. The zero-order valence-corrected chi connectivity index (χ0v) is 7.61. The Bertz CT molecular complexity index is 143. The van der Waals surface area contributed by atoms with Gasteiger partial charge >= 0.3 is 0 Å². The fourth-order valence-electron chi connectivity index (χ4n) is 0.758. The lowest BCUT2D eigenvalue weighted by Gasteiger charge is -2.22. The number of amidine groups is 1. The lowest BCUT2D eigenvalue weighted by atomic mass is 10.4. The molecule has 1 aliphatic rings. The van der Waals surface area contributed by atoms with Crippen molar-refractivity contribution in [3.63, 3.8) is 0 Å². The maximum atomic E-state index is 4.36. The Kier molecular flexibility index (Phi) is 2.60. The Morgan fingerprint density at radius 3 is 2.70 bits per heavy atom. The Morgan fingerprint density at radius 1 is 1.60 bits per heavy atom. The van der Waals surface area contributed by atoms with E-state index < -0.39 is 0 Å². The molecule has 1 aliphatic heterocycles. The highest BCUT2D eigenvalue weighted by molar-refractivity contribution is 8.14. The van der Waals surface area contributed by atoms with E-state index in [-0.39, 0.29) is 0 Å². The summed E-state index contributed by atoms with van der Waals surface area (Å²) in [5.41, 5.74) is 0. The van der Waals surface area contributed by atoms with Gasteiger partial charge in [0.1, 0.15) is 0 Å². The molecule has 0 aromatic rings. The van der Waals surface area contributed by atoms with Gasteiger partial charge in [0.2, 0.25) is 0 Å². The molecule has 10 heavy (non-hydrogen) atoms. The molecule has 0 bridgehead atoms. The molecular weight excluding hydrogens is 144 g/mol. The van der Waals surface area contributed by atoms with Crippen LogP contribution in [0.5, 0.6) is 0 Å². The quantitative estimate of drug-likeness (QED) is 0.573. The standard InChI is InChI=1S/C7H14N2S/c1-6(2)9(3)7-8-4-5-10-7/h6H,4-5H2,1-3H3. The van der Waals surface area contributed by atoms with Gasteiger partial charge in [-0.15, -0.1) is 0 Å². The highest BCUT2D eigenvalue weighted by Crippen LogP contribution is 2.15. The molecule has 0 unspecified atom stereocenters. The molecule has 0 saturated heterocycles. The van der Waals surface area contributed by atoms with E-state index in [2.05, 4.69) is 30.8 Å². The predicted octanol–water partition coefficient (Wildman–Crippen LogP) is 1.43. The van der Waals surface area contributed by atoms with Crippen molar-refractivity contribution in [1.29, 1.82) is 0 Å². The Morgan fingerprint density at radius 2 is 2.30 bits per heavy atom. The van der Waals surface area contributed by atoms with Crippen molar-refractivity contribution in [3.8, 4) is 0 Å². The fourth-order valence-corrected chi connectivity index (χ4v) is 1.72. The van der Waals surface area contributed by atoms with Gasteiger partial charge in [-0.2, -0.15) is 0 Å². The Hall–Kier alpha value is -0.180. The SMILES string of the molecule is CC(C)N(C)C1=NCCS1. The second kappa shape index (κ2) is 3.28. The molecule has 0 spiro atoms. The molecule has 0 radical (unpaired) electrons. The van der Waals surface area contributed by atoms with Crippen LogP contribution < -0.4 is 0 Å². The summed E-state index contributed by atoms with van der Waals surface area (Å²) < 4.78 is 0. The van der Waals surface area contributed by atoms with Crippen LogP contribution in [0.4, 0.5) is 0 Å². The first-order chi connectivity index (χ1) is 4.72. The third-order valence-electron chi connectivity index (χ3n) is 1.65. The summed E-state index contributed by atoms with van der Waals surface area (Å²) in [5, 5.41) is 1.20. The first-order valence-corrected chi connectivity index (χ1v) is 4.60. The van der Waals surface area contributed by atoms with Gasteiger partial charge in [-0.3, -0.25) is 4.99 Å². The van der Waals surface area contributed by atoms with E-state index in [1.54, 1.807) is 0 Å². The van der Waals surface area contributed by atoms with Gasteiger partial charge in [-0.25, -0.2) is 0 Å². The molecule has 0 aromatic carbocycles. The predicted molar refractivity (Wildman–Crippen MR) is 47.7 cm³/mol. The summed E-state index contributed by atoms with van der Waals surface area (Å²) in [5.74, 6) is 1.16. The van der Waals surface area contributed by atoms with Crippen LogP contribution in [0.1, 0.15) is 13.8 Å². The average Bonchev–Trinajstić information content (AvgIpc) is 2.36. The first-order valence-electron chi connectivity index (χ1n) is 3.62. The third kappa shape index (κ3) is 1.66. The number of thioether (sulfide) groups is 1. The number of hydrogen-bond acceptors (Lipinski definition) is 3. The van der Waals surface area contributed by atoms with Crippen LogP contribution in [0.15, 0.2) is 4.99 Å². The zero-order valence-electron chi connectivity index (χ0n) is 6.79. The fraction of sp³-hybridized carbons (Fsp3) is 0.857. The molecule has 0 fully saturated rings. The second-order valence-electron chi connectivity index (χ2n) is 2.72. The largest absolute Gasteiger partial charge is 0.352 e. The van der Waals surface area contributed by atoms with Crippen molar-refractivity contribution in [2.45, 2.75) is 19.9 Å². The number of hydrogen-bond donors (Lipinski definition) is 0. The average molecular weight is 158 g/mol. The van der Waals surface area contributed by atoms with Crippen molar-refractivity contribution in [1.82, 2.24) is 4.90 Å². The lowest BCUT2D eigenvalue weighted by molar-refractivity contribution is 0.425. The number of nitrogens with zero attached hydrogens (tertiary/aromatic N) is 2. The number of rotatable bonds is 1. The highest BCUT2D eigenvalue weighted by atomic mass is 32.2. The minimum absolute atomic E-state index is 0.573. The van der Waals surface area contributed by atoms with E-state index in [0.29, 0.717) is 6.04 Å². The maximum Gasteiger partial charge on any atom is 0.159 e. The van der Waals surface area contributed by atoms with Gasteiger partial charge in [0, 0.05) is 18.8 Å². The Balaban J connectivity index is 2.47. The number of aliphatic imine (C=N–C) groups is 1. The van der Waals surface area contributed by atoms with Crippen molar-refractivity contribution in [3.05, 3.63) is 0 Å². The molecule has 0 atom stereocenters. The van der Waals surface area contributed by atoms with E-state index >= 15 is 0 Å². The van der Waals surface area contributed by atoms with Gasteiger partial charge in [0.05, 0.1) is 6.54 Å². The molecule has 1 rings (SSSR count). The van der Waals surface area contributed by atoms with Crippen molar-refractivity contribution < 1.29 is 0 Å². The zero-order chi connectivity index (χ0) is 7.56. The van der Waals surface area contributed by atoms with Crippen LogP contribution in [0, 0.1) is 0 Å². The van der Waals surface area contributed by atoms with E-state index in [0.717, 1.165) is 12.3 Å². The van der Waals surface area contributed by atoms with Gasteiger partial charge in [0.25, 0.3) is 0 Å². The summed E-state index contributed by atoms with van der Waals surface area (Å²) in [7, 11) is 2.10. The first kappa shape index (κ1) is 7.92. The molecule has 0 aliphatic carbocycles. The van der Waals surface area contributed by atoms with Crippen molar-refractivity contribution in [2.75, 3.05) is 19.3 Å². The van der Waals surface area contributed by atoms with Crippen LogP contribution >= 0.6 is 11.8 Å². The molecular formula is C7H14N2S. The van der Waals surface area contributed by atoms with Crippen LogP contribution in [-0.4, -0.2) is 35.5 Å². The van der Waals surface area contributed by atoms with Crippen LogP contribution in [0.3, 0.4) is 0 Å². The van der Waals surface area contributed by atoms with Gasteiger partial charge < -0.3 is 4.90 Å². The normalized spacial score (nSPS) is 17.8. The second-order valence-corrected chi connectivity index (χ2v) is 3.78. The monoisotopic (exact) mass is 158 g/mol. The third-order valence-corrected chi connectivity index (χ3v) is 2.71. The molecule has 2 nitrogen and oxygen atoms in total. The molecule has 0 aromatic heterocycles. The van der Waals surface area contributed by atoms with Gasteiger partial charge in [0.15, 0.2) is 5.17 Å². The highest BCUT2D eigenvalue weighted by Gasteiger charge is 2.13. The lowest BCUT2D eigenvalue weighted by Crippen LogP contribution is -2.29. The van der Waals surface area contributed by atoms with Crippen LogP contribution in [-0.2, 0) is 0 Å². The van der Waals surface area contributed by atoms with Crippen LogP contribution in [0.25, 0.3) is 0 Å².